The molecule has 0 aliphatic carbocycles. The second kappa shape index (κ2) is 12.9. The van der Waals surface area contributed by atoms with Crippen molar-refractivity contribution < 1.29 is 27.9 Å². The van der Waals surface area contributed by atoms with Gasteiger partial charge in [-0.3, -0.25) is 9.59 Å². The molecule has 7 nitrogen and oxygen atoms in total. The van der Waals surface area contributed by atoms with Gasteiger partial charge in [0.25, 0.3) is 5.91 Å². The number of carboxylic acid groups (broad SMARTS) is 1. The van der Waals surface area contributed by atoms with Gasteiger partial charge >= 0.3 is 12.1 Å². The standard InChI is InChI=1S/C31H37F3N4O3/c1-20(2)27-13-16-38(36-27)25-10-11-26(21(3)17-25)28(12-14-31(32,33)34)35-18-22-6-8-23(9-7-22)29(39)37-15-4-5-24(19-37)30(40)41/h6-11,13,16-17,20,24,28,35H,4-5,12,14-15,18-19H2,1-3H3,(H,40,41)/t24-,28?/m1/s1. The summed E-state index contributed by atoms with van der Waals surface area (Å²) in [6.45, 7) is 7.05. The van der Waals surface area contributed by atoms with Gasteiger partial charge in [-0.05, 0) is 79.1 Å². The van der Waals surface area contributed by atoms with Crippen molar-refractivity contribution in [2.75, 3.05) is 13.1 Å². The van der Waals surface area contributed by atoms with E-state index in [1.165, 1.54) is 0 Å². The van der Waals surface area contributed by atoms with Crippen molar-refractivity contribution in [1.82, 2.24) is 20.0 Å². The first-order valence-corrected chi connectivity index (χ1v) is 14.0. The Morgan fingerprint density at radius 3 is 2.46 bits per heavy atom. The Morgan fingerprint density at radius 2 is 1.85 bits per heavy atom. The number of carboxylic acids is 1. The zero-order valence-corrected chi connectivity index (χ0v) is 23.6. The van der Waals surface area contributed by atoms with Crippen LogP contribution in [-0.2, 0) is 11.3 Å². The van der Waals surface area contributed by atoms with Crippen molar-refractivity contribution in [1.29, 1.82) is 0 Å². The summed E-state index contributed by atoms with van der Waals surface area (Å²) in [7, 11) is 0. The molecule has 1 aliphatic heterocycles. The van der Waals surface area contributed by atoms with Crippen LogP contribution >= 0.6 is 0 Å². The number of alkyl halides is 3. The summed E-state index contributed by atoms with van der Waals surface area (Å²) >= 11 is 0. The van der Waals surface area contributed by atoms with E-state index in [0.29, 0.717) is 31.5 Å². The van der Waals surface area contributed by atoms with E-state index >= 15 is 0 Å². The molecule has 4 rings (SSSR count). The molecule has 0 radical (unpaired) electrons. The zero-order valence-electron chi connectivity index (χ0n) is 23.6. The lowest BCUT2D eigenvalue weighted by molar-refractivity contribution is -0.143. The van der Waals surface area contributed by atoms with Crippen LogP contribution in [0.3, 0.4) is 0 Å². The maximum Gasteiger partial charge on any atom is 0.389 e. The molecule has 1 fully saturated rings. The summed E-state index contributed by atoms with van der Waals surface area (Å²) in [6, 6.07) is 14.0. The van der Waals surface area contributed by atoms with Crippen molar-refractivity contribution in [3.8, 4) is 5.69 Å². The first-order valence-electron chi connectivity index (χ1n) is 14.0. The van der Waals surface area contributed by atoms with Crippen molar-refractivity contribution in [2.24, 2.45) is 5.92 Å². The van der Waals surface area contributed by atoms with Crippen molar-refractivity contribution in [2.45, 2.75) is 71.1 Å². The highest BCUT2D eigenvalue weighted by molar-refractivity contribution is 5.94. The van der Waals surface area contributed by atoms with E-state index in [1.807, 2.05) is 37.4 Å². The second-order valence-electron chi connectivity index (χ2n) is 11.1. The van der Waals surface area contributed by atoms with Crippen molar-refractivity contribution >= 4 is 11.9 Å². The Bertz CT molecular complexity index is 1350. The molecule has 0 bridgehead atoms. The van der Waals surface area contributed by atoms with E-state index in [4.69, 9.17) is 0 Å². The van der Waals surface area contributed by atoms with Crippen LogP contribution in [0.15, 0.2) is 54.7 Å². The molecule has 1 unspecified atom stereocenters. The molecule has 10 heteroatoms. The summed E-state index contributed by atoms with van der Waals surface area (Å²) < 4.78 is 41.3. The third kappa shape index (κ3) is 7.97. The molecule has 1 amide bonds. The fourth-order valence-corrected chi connectivity index (χ4v) is 5.21. The number of aromatic nitrogens is 2. The number of aryl methyl sites for hydroxylation is 1. The maximum absolute atomic E-state index is 13.2. The quantitative estimate of drug-likeness (QED) is 0.294. The van der Waals surface area contributed by atoms with Crippen LogP contribution in [0.5, 0.6) is 0 Å². The van der Waals surface area contributed by atoms with Gasteiger partial charge in [-0.25, -0.2) is 4.68 Å². The van der Waals surface area contributed by atoms with Gasteiger partial charge in [0.15, 0.2) is 0 Å². The van der Waals surface area contributed by atoms with Gasteiger partial charge in [0.2, 0.25) is 0 Å². The molecule has 2 aromatic carbocycles. The Hall–Kier alpha value is -3.66. The number of rotatable bonds is 10. The van der Waals surface area contributed by atoms with Crippen molar-refractivity contribution in [3.63, 3.8) is 0 Å². The van der Waals surface area contributed by atoms with E-state index in [0.717, 1.165) is 28.1 Å². The maximum atomic E-state index is 13.2. The number of amides is 1. The third-order valence-corrected chi connectivity index (χ3v) is 7.62. The predicted molar refractivity (Wildman–Crippen MR) is 150 cm³/mol. The number of piperidine rings is 1. The first-order chi connectivity index (χ1) is 19.4. The molecule has 1 saturated heterocycles. The molecule has 220 valence electrons. The molecule has 1 aromatic heterocycles. The molecule has 2 N–H and O–H groups in total. The number of likely N-dealkylation sites (tertiary alicyclic amines) is 1. The number of nitrogens with zero attached hydrogens (tertiary/aromatic N) is 3. The van der Waals surface area contributed by atoms with Crippen LogP contribution in [0.2, 0.25) is 0 Å². The molecule has 3 aromatic rings. The monoisotopic (exact) mass is 570 g/mol. The van der Waals surface area contributed by atoms with Gasteiger partial charge in [0.05, 0.1) is 17.3 Å². The van der Waals surface area contributed by atoms with E-state index in [9.17, 15) is 27.9 Å². The van der Waals surface area contributed by atoms with Crippen LogP contribution in [0.25, 0.3) is 5.69 Å². The average molecular weight is 571 g/mol. The highest BCUT2D eigenvalue weighted by atomic mass is 19.4. The SMILES string of the molecule is Cc1cc(-n2ccc(C(C)C)n2)ccc1C(CCC(F)(F)F)NCc1ccc(C(=O)N2CCC[C@@H](C(=O)O)C2)cc1. The number of nitrogens with one attached hydrogen (secondary N) is 1. The van der Waals surface area contributed by atoms with E-state index < -0.39 is 30.5 Å². The van der Waals surface area contributed by atoms with Crippen molar-refractivity contribution in [3.05, 3.63) is 82.7 Å². The van der Waals surface area contributed by atoms with Gasteiger partial charge < -0.3 is 15.3 Å². The molecule has 0 spiro atoms. The topological polar surface area (TPSA) is 87.5 Å². The van der Waals surface area contributed by atoms with Crippen LogP contribution in [-0.4, -0.2) is 50.9 Å². The Morgan fingerprint density at radius 1 is 1.12 bits per heavy atom. The minimum absolute atomic E-state index is 0.112. The van der Waals surface area contributed by atoms with Crippen LogP contribution < -0.4 is 5.32 Å². The minimum Gasteiger partial charge on any atom is -0.481 e. The number of aliphatic carboxylic acids is 1. The second-order valence-corrected chi connectivity index (χ2v) is 11.1. The lowest BCUT2D eigenvalue weighted by Gasteiger charge is -2.30. The smallest absolute Gasteiger partial charge is 0.389 e. The van der Waals surface area contributed by atoms with Crippen LogP contribution in [0.4, 0.5) is 13.2 Å². The number of hydrogen-bond acceptors (Lipinski definition) is 4. The van der Waals surface area contributed by atoms with Gasteiger partial charge in [0.1, 0.15) is 0 Å². The Balaban J connectivity index is 1.45. The zero-order chi connectivity index (χ0) is 29.7. The largest absolute Gasteiger partial charge is 0.481 e. The molecule has 41 heavy (non-hydrogen) atoms. The molecular weight excluding hydrogens is 533 g/mol. The summed E-state index contributed by atoms with van der Waals surface area (Å²) in [5.41, 5.74) is 4.75. The summed E-state index contributed by atoms with van der Waals surface area (Å²) in [6.07, 6.45) is -2.21. The lowest BCUT2D eigenvalue weighted by Crippen LogP contribution is -2.42. The molecule has 2 heterocycles. The Labute approximate surface area is 238 Å². The minimum atomic E-state index is -4.27. The number of benzene rings is 2. The average Bonchev–Trinajstić information content (AvgIpc) is 3.44. The van der Waals surface area contributed by atoms with Gasteiger partial charge in [0, 0.05) is 43.9 Å². The van der Waals surface area contributed by atoms with E-state index in [1.54, 1.807) is 33.8 Å². The highest BCUT2D eigenvalue weighted by Crippen LogP contribution is 2.30. The molecule has 0 saturated carbocycles. The third-order valence-electron chi connectivity index (χ3n) is 7.62. The normalized spacial score (nSPS) is 16.7. The number of carbonyl (C=O) groups excluding carboxylic acids is 1. The summed E-state index contributed by atoms with van der Waals surface area (Å²) in [5, 5.41) is 17.2. The number of carbonyl (C=O) groups is 2. The van der Waals surface area contributed by atoms with E-state index in [-0.39, 0.29) is 24.8 Å². The fraction of sp³-hybridized carbons (Fsp3) is 0.452. The van der Waals surface area contributed by atoms with Crippen LogP contribution in [0.1, 0.15) is 84.2 Å². The predicted octanol–water partition coefficient (Wildman–Crippen LogP) is 6.41. The molecule has 2 atom stereocenters. The number of hydrogen-bond donors (Lipinski definition) is 2. The van der Waals surface area contributed by atoms with Gasteiger partial charge in [-0.15, -0.1) is 0 Å². The van der Waals surface area contributed by atoms with E-state index in [2.05, 4.69) is 24.3 Å². The summed E-state index contributed by atoms with van der Waals surface area (Å²) in [4.78, 5) is 25.8. The molecular formula is C31H37F3N4O3. The first kappa shape index (κ1) is 30.3. The Kier molecular flexibility index (Phi) is 9.53. The lowest BCUT2D eigenvalue weighted by atomic mass is 9.96. The van der Waals surface area contributed by atoms with Gasteiger partial charge in [-0.1, -0.05) is 32.0 Å². The van der Waals surface area contributed by atoms with Gasteiger partial charge in [-0.2, -0.15) is 18.3 Å². The van der Waals surface area contributed by atoms with Crippen LogP contribution in [0, 0.1) is 12.8 Å². The fourth-order valence-electron chi connectivity index (χ4n) is 5.21. The molecule has 1 aliphatic rings. The summed E-state index contributed by atoms with van der Waals surface area (Å²) in [5.74, 6) is -1.38. The highest BCUT2D eigenvalue weighted by Gasteiger charge is 2.30. The number of halogens is 3.